The molecule has 6 heteroatoms. The molecule has 0 radical (unpaired) electrons. The Morgan fingerprint density at radius 3 is 2.58 bits per heavy atom. The zero-order chi connectivity index (χ0) is 17.4. The number of hydrogen-bond donors (Lipinski definition) is 2. The summed E-state index contributed by atoms with van der Waals surface area (Å²) in [4.78, 5) is 23.9. The predicted molar refractivity (Wildman–Crippen MR) is 96.1 cm³/mol. The Morgan fingerprint density at radius 1 is 1.21 bits per heavy atom. The number of anilines is 1. The van der Waals surface area contributed by atoms with Gasteiger partial charge < -0.3 is 15.1 Å². The quantitative estimate of drug-likeness (QED) is 0.718. The average molecular weight is 346 g/mol. The zero-order valence-corrected chi connectivity index (χ0v) is 14.7. The Labute approximate surface area is 146 Å². The standard InChI is InChI=1S/C18H22N2O3S/c1-13(5-8-16-4-3-11-23-16)19-18(22)12-24-17-9-6-15(7-10-17)20-14(2)21/h3-4,6-7,9-11,13H,5,8,12H2,1-2H3,(H,19,22)(H,20,21). The maximum absolute atomic E-state index is 12.0. The number of benzene rings is 1. The maximum atomic E-state index is 12.0. The minimum atomic E-state index is -0.0988. The summed E-state index contributed by atoms with van der Waals surface area (Å²) in [6.07, 6.45) is 3.31. The summed E-state index contributed by atoms with van der Waals surface area (Å²) >= 11 is 1.47. The third-order valence-electron chi connectivity index (χ3n) is 3.36. The van der Waals surface area contributed by atoms with E-state index >= 15 is 0 Å². The molecule has 1 unspecified atom stereocenters. The van der Waals surface area contributed by atoms with Gasteiger partial charge in [-0.25, -0.2) is 0 Å². The van der Waals surface area contributed by atoms with Crippen LogP contribution in [0.5, 0.6) is 0 Å². The van der Waals surface area contributed by atoms with Crippen LogP contribution in [0, 0.1) is 0 Å². The lowest BCUT2D eigenvalue weighted by Crippen LogP contribution is -2.34. The van der Waals surface area contributed by atoms with Crippen LogP contribution < -0.4 is 10.6 Å². The molecule has 0 fully saturated rings. The van der Waals surface area contributed by atoms with Crippen LogP contribution in [0.3, 0.4) is 0 Å². The maximum Gasteiger partial charge on any atom is 0.230 e. The molecule has 2 aromatic rings. The third-order valence-corrected chi connectivity index (χ3v) is 4.37. The van der Waals surface area contributed by atoms with Gasteiger partial charge in [0, 0.05) is 30.0 Å². The van der Waals surface area contributed by atoms with E-state index in [0.717, 1.165) is 29.2 Å². The molecule has 1 heterocycles. The summed E-state index contributed by atoms with van der Waals surface area (Å²) in [5.74, 6) is 1.21. The molecule has 2 rings (SSSR count). The third kappa shape index (κ3) is 6.50. The SMILES string of the molecule is CC(=O)Nc1ccc(SCC(=O)NC(C)CCc2ccco2)cc1. The minimum Gasteiger partial charge on any atom is -0.469 e. The summed E-state index contributed by atoms with van der Waals surface area (Å²) in [6, 6.07) is 11.3. The van der Waals surface area contributed by atoms with Crippen LogP contribution in [0.4, 0.5) is 5.69 Å². The molecule has 0 aliphatic carbocycles. The molecule has 1 atom stereocenters. The van der Waals surface area contributed by atoms with Gasteiger partial charge in [-0.2, -0.15) is 0 Å². The van der Waals surface area contributed by atoms with Gasteiger partial charge >= 0.3 is 0 Å². The van der Waals surface area contributed by atoms with Crippen LogP contribution in [-0.4, -0.2) is 23.6 Å². The van der Waals surface area contributed by atoms with Gasteiger partial charge in [-0.15, -0.1) is 11.8 Å². The first-order chi connectivity index (χ1) is 11.5. The Bertz CT molecular complexity index is 653. The second kappa shape index (κ2) is 9.17. The largest absolute Gasteiger partial charge is 0.469 e. The Balaban J connectivity index is 1.69. The topological polar surface area (TPSA) is 71.3 Å². The van der Waals surface area contributed by atoms with Crippen molar-refractivity contribution in [2.45, 2.75) is 37.6 Å². The molecule has 0 saturated heterocycles. The fourth-order valence-corrected chi connectivity index (χ4v) is 2.90. The van der Waals surface area contributed by atoms with E-state index in [1.165, 1.54) is 18.7 Å². The molecule has 0 saturated carbocycles. The van der Waals surface area contributed by atoms with E-state index < -0.39 is 0 Å². The minimum absolute atomic E-state index is 0.0119. The number of rotatable bonds is 8. The van der Waals surface area contributed by atoms with Crippen LogP contribution >= 0.6 is 11.8 Å². The molecule has 1 aromatic carbocycles. The van der Waals surface area contributed by atoms with Crippen molar-refractivity contribution >= 4 is 29.3 Å². The van der Waals surface area contributed by atoms with Gasteiger partial charge in [-0.05, 0) is 49.7 Å². The highest BCUT2D eigenvalue weighted by Gasteiger charge is 2.09. The number of nitrogens with one attached hydrogen (secondary N) is 2. The molecular weight excluding hydrogens is 324 g/mol. The number of hydrogen-bond acceptors (Lipinski definition) is 4. The molecule has 0 aliphatic heterocycles. The number of aryl methyl sites for hydroxylation is 1. The van der Waals surface area contributed by atoms with Crippen LogP contribution in [0.25, 0.3) is 0 Å². The Morgan fingerprint density at radius 2 is 1.96 bits per heavy atom. The second-order valence-electron chi connectivity index (χ2n) is 5.58. The van der Waals surface area contributed by atoms with E-state index in [1.807, 2.05) is 43.3 Å². The highest BCUT2D eigenvalue weighted by molar-refractivity contribution is 8.00. The number of carbonyl (C=O) groups is 2. The average Bonchev–Trinajstić information content (AvgIpc) is 3.05. The van der Waals surface area contributed by atoms with Crippen LogP contribution in [0.15, 0.2) is 52.0 Å². The summed E-state index contributed by atoms with van der Waals surface area (Å²) in [6.45, 7) is 3.47. The molecule has 0 aliphatic rings. The molecule has 0 spiro atoms. The van der Waals surface area contributed by atoms with Gasteiger partial charge in [0.2, 0.25) is 11.8 Å². The lowest BCUT2D eigenvalue weighted by molar-refractivity contribution is -0.119. The fourth-order valence-electron chi connectivity index (χ4n) is 2.19. The highest BCUT2D eigenvalue weighted by atomic mass is 32.2. The molecule has 0 bridgehead atoms. The Hall–Kier alpha value is -2.21. The van der Waals surface area contributed by atoms with E-state index in [4.69, 9.17) is 4.42 Å². The van der Waals surface area contributed by atoms with E-state index in [-0.39, 0.29) is 17.9 Å². The van der Waals surface area contributed by atoms with E-state index in [9.17, 15) is 9.59 Å². The van der Waals surface area contributed by atoms with Crippen molar-refractivity contribution < 1.29 is 14.0 Å². The first-order valence-corrected chi connectivity index (χ1v) is 8.83. The number of amides is 2. The number of carbonyl (C=O) groups excluding carboxylic acids is 2. The van der Waals surface area contributed by atoms with E-state index in [1.54, 1.807) is 6.26 Å². The van der Waals surface area contributed by atoms with Crippen molar-refractivity contribution in [3.63, 3.8) is 0 Å². The molecule has 2 N–H and O–H groups in total. The van der Waals surface area contributed by atoms with Crippen LogP contribution in [0.2, 0.25) is 0 Å². The van der Waals surface area contributed by atoms with Crippen molar-refractivity contribution in [3.8, 4) is 0 Å². The molecule has 2 amide bonds. The second-order valence-corrected chi connectivity index (χ2v) is 6.63. The van der Waals surface area contributed by atoms with Gasteiger partial charge in [0.1, 0.15) is 5.76 Å². The molecule has 1 aromatic heterocycles. The summed E-state index contributed by atoms with van der Waals surface area (Å²) < 4.78 is 5.28. The fraction of sp³-hybridized carbons (Fsp3) is 0.333. The first kappa shape index (κ1) is 18.1. The normalized spacial score (nSPS) is 11.8. The lowest BCUT2D eigenvalue weighted by Gasteiger charge is -2.13. The molecular formula is C18H22N2O3S. The monoisotopic (exact) mass is 346 g/mol. The van der Waals surface area contributed by atoms with Gasteiger partial charge in [0.15, 0.2) is 0 Å². The van der Waals surface area contributed by atoms with E-state index in [2.05, 4.69) is 10.6 Å². The zero-order valence-electron chi connectivity index (χ0n) is 13.9. The van der Waals surface area contributed by atoms with E-state index in [0.29, 0.717) is 5.75 Å². The summed E-state index contributed by atoms with van der Waals surface area (Å²) in [7, 11) is 0. The first-order valence-electron chi connectivity index (χ1n) is 7.85. The highest BCUT2D eigenvalue weighted by Crippen LogP contribution is 2.20. The Kier molecular flexibility index (Phi) is 6.93. The molecule has 24 heavy (non-hydrogen) atoms. The molecule has 128 valence electrons. The molecule has 5 nitrogen and oxygen atoms in total. The van der Waals surface area contributed by atoms with Crippen molar-refractivity contribution in [3.05, 3.63) is 48.4 Å². The van der Waals surface area contributed by atoms with Crippen LogP contribution in [-0.2, 0) is 16.0 Å². The summed E-state index contributed by atoms with van der Waals surface area (Å²) in [5, 5.41) is 5.71. The van der Waals surface area contributed by atoms with Crippen molar-refractivity contribution in [2.24, 2.45) is 0 Å². The predicted octanol–water partition coefficient (Wildman–Crippen LogP) is 3.47. The number of thioether (sulfide) groups is 1. The smallest absolute Gasteiger partial charge is 0.230 e. The lowest BCUT2D eigenvalue weighted by atomic mass is 10.1. The van der Waals surface area contributed by atoms with Crippen molar-refractivity contribution in [2.75, 3.05) is 11.1 Å². The van der Waals surface area contributed by atoms with Gasteiger partial charge in [0.05, 0.1) is 12.0 Å². The van der Waals surface area contributed by atoms with Crippen molar-refractivity contribution in [1.29, 1.82) is 0 Å². The number of furan rings is 1. The van der Waals surface area contributed by atoms with Gasteiger partial charge in [0.25, 0.3) is 0 Å². The van der Waals surface area contributed by atoms with Crippen LogP contribution in [0.1, 0.15) is 26.0 Å². The van der Waals surface area contributed by atoms with Gasteiger partial charge in [-0.3, -0.25) is 9.59 Å². The van der Waals surface area contributed by atoms with Crippen molar-refractivity contribution in [1.82, 2.24) is 5.32 Å². The summed E-state index contributed by atoms with van der Waals surface area (Å²) in [5.41, 5.74) is 0.753. The van der Waals surface area contributed by atoms with Gasteiger partial charge in [-0.1, -0.05) is 0 Å².